The van der Waals surface area contributed by atoms with Crippen molar-refractivity contribution in [3.8, 4) is 5.75 Å². The van der Waals surface area contributed by atoms with Crippen LogP contribution in [0.3, 0.4) is 0 Å². The lowest BCUT2D eigenvalue weighted by atomic mass is 9.81. The van der Waals surface area contributed by atoms with E-state index in [0.29, 0.717) is 46.9 Å². The molecule has 5 rings (SSSR count). The highest BCUT2D eigenvalue weighted by atomic mass is 16.5. The van der Waals surface area contributed by atoms with Crippen LogP contribution in [0.15, 0.2) is 60.8 Å². The molecule has 0 unspecified atom stereocenters. The number of amides is 3. The quantitative estimate of drug-likeness (QED) is 0.148. The summed E-state index contributed by atoms with van der Waals surface area (Å²) in [5.74, 6) is 0.705. The smallest absolute Gasteiger partial charge is 0.321 e. The number of carbonyl (C=O) groups excluding carboxylic acids is 3. The van der Waals surface area contributed by atoms with E-state index in [4.69, 9.17) is 9.47 Å². The first-order valence-corrected chi connectivity index (χ1v) is 16.7. The Bertz CT molecular complexity index is 1980. The van der Waals surface area contributed by atoms with Gasteiger partial charge < -0.3 is 25.0 Å². The average molecular weight is 698 g/mol. The number of hydrogen-bond acceptors (Lipinski definition) is 10. The number of ether oxygens (including phenoxy) is 2. The Morgan fingerprint density at radius 3 is 2.41 bits per heavy atom. The molecule has 3 aromatic heterocycles. The van der Waals surface area contributed by atoms with Crippen molar-refractivity contribution in [1.29, 1.82) is 0 Å². The number of rotatable bonds is 11. The van der Waals surface area contributed by atoms with Crippen molar-refractivity contribution >= 4 is 29.7 Å². The van der Waals surface area contributed by atoms with Crippen molar-refractivity contribution in [3.63, 3.8) is 0 Å². The normalized spacial score (nSPS) is 17.6. The number of aldehydes is 1. The van der Waals surface area contributed by atoms with Crippen LogP contribution in [0.4, 0.5) is 10.6 Å². The maximum absolute atomic E-state index is 13.6. The van der Waals surface area contributed by atoms with Crippen LogP contribution >= 0.6 is 0 Å². The molecule has 0 radical (unpaired) electrons. The summed E-state index contributed by atoms with van der Waals surface area (Å²) in [6.45, 7) is 14.0. The lowest BCUT2D eigenvalue weighted by Crippen LogP contribution is -2.49. The van der Waals surface area contributed by atoms with Crippen molar-refractivity contribution in [2.24, 2.45) is 0 Å². The summed E-state index contributed by atoms with van der Waals surface area (Å²) >= 11 is 0. The Hall–Kier alpha value is -5.21. The molecule has 0 aliphatic heterocycles. The molecule has 1 aliphatic carbocycles. The molecule has 51 heavy (non-hydrogen) atoms. The molecular formula is C37H47N9O5. The summed E-state index contributed by atoms with van der Waals surface area (Å²) in [4.78, 5) is 50.5. The summed E-state index contributed by atoms with van der Waals surface area (Å²) in [5.41, 5.74) is -0.573. The third-order valence-corrected chi connectivity index (χ3v) is 9.27. The number of urea groups is 1. The average Bonchev–Trinajstić information content (AvgIpc) is 3.52. The number of hydrogen-bond donors (Lipinski definition) is 3. The number of nitrogens with zero attached hydrogens (tertiary/aromatic N) is 6. The highest BCUT2D eigenvalue weighted by Crippen LogP contribution is 2.37. The Morgan fingerprint density at radius 2 is 1.75 bits per heavy atom. The molecule has 0 saturated heterocycles. The first kappa shape index (κ1) is 37.1. The predicted molar refractivity (Wildman–Crippen MR) is 193 cm³/mol. The van der Waals surface area contributed by atoms with Gasteiger partial charge >= 0.3 is 6.03 Å². The van der Waals surface area contributed by atoms with Gasteiger partial charge in [-0.3, -0.25) is 19.3 Å². The third kappa shape index (κ3) is 7.76. The van der Waals surface area contributed by atoms with E-state index in [-0.39, 0.29) is 17.2 Å². The van der Waals surface area contributed by atoms with Gasteiger partial charge in [-0.2, -0.15) is 0 Å². The Balaban J connectivity index is 1.39. The SMILES string of the molecule is COC(C)(C)c1nnc2ccc(O[C@@H]3C=C[C@](C=O)(NC(=O)Nc4cc(C(C)(C)C)nc(C(=O)NCC(C)(C)N(C)C)n4)c4ccccc43)cn12. The summed E-state index contributed by atoms with van der Waals surface area (Å²) in [5, 5.41) is 17.0. The molecule has 0 spiro atoms. The zero-order valence-corrected chi connectivity index (χ0v) is 30.9. The molecule has 3 heterocycles. The number of nitrogens with one attached hydrogen (secondary N) is 3. The number of carbonyl (C=O) groups is 3. The number of fused-ring (bicyclic) bond motifs is 2. The molecule has 270 valence electrons. The molecule has 1 aliphatic rings. The van der Waals surface area contributed by atoms with Gasteiger partial charge in [-0.1, -0.05) is 45.0 Å². The second-order valence-electron chi connectivity index (χ2n) is 15.0. The highest BCUT2D eigenvalue weighted by Gasteiger charge is 2.39. The maximum Gasteiger partial charge on any atom is 0.321 e. The minimum Gasteiger partial charge on any atom is -0.480 e. The number of benzene rings is 1. The second-order valence-corrected chi connectivity index (χ2v) is 15.0. The first-order chi connectivity index (χ1) is 23.9. The maximum atomic E-state index is 13.6. The van der Waals surface area contributed by atoms with Gasteiger partial charge in [0.25, 0.3) is 5.91 Å². The molecular weight excluding hydrogens is 650 g/mol. The second kappa shape index (κ2) is 13.8. The van der Waals surface area contributed by atoms with E-state index in [0.717, 1.165) is 0 Å². The van der Waals surface area contributed by atoms with E-state index in [1.165, 1.54) is 0 Å². The standard InChI is InChI=1S/C37H47N9O5/c1-34(2,3)27-19-28(40-30(39-27)31(48)38-21-35(4,5)45(8)9)41-33(49)42-37(22-47)18-17-26(24-13-11-12-14-25(24)37)51-23-15-16-29-43-44-32(46(29)20-23)36(6,7)50-10/h11-20,22,26H,21H2,1-10H3,(H,38,48)(H2,39,40,41,42,49)/t26-,37-/m1/s1. The molecule has 3 amide bonds. The molecule has 14 nitrogen and oxygen atoms in total. The van der Waals surface area contributed by atoms with E-state index in [1.54, 1.807) is 55.8 Å². The van der Waals surface area contributed by atoms with Crippen LogP contribution in [0.5, 0.6) is 5.75 Å². The largest absolute Gasteiger partial charge is 0.480 e. The predicted octanol–water partition coefficient (Wildman–Crippen LogP) is 4.67. The van der Waals surface area contributed by atoms with Crippen molar-refractivity contribution < 1.29 is 23.9 Å². The van der Waals surface area contributed by atoms with Crippen LogP contribution in [0.1, 0.15) is 87.8 Å². The Labute approximate surface area is 298 Å². The number of methoxy groups -OCH3 is 1. The van der Waals surface area contributed by atoms with E-state index in [9.17, 15) is 14.4 Å². The van der Waals surface area contributed by atoms with Gasteiger partial charge in [-0.25, -0.2) is 14.8 Å². The van der Waals surface area contributed by atoms with Crippen LogP contribution in [-0.2, 0) is 26.1 Å². The van der Waals surface area contributed by atoms with E-state index in [1.807, 2.05) is 84.0 Å². The van der Waals surface area contributed by atoms with Crippen molar-refractivity contribution in [3.05, 3.63) is 89.3 Å². The highest BCUT2D eigenvalue weighted by molar-refractivity contribution is 5.94. The fraction of sp³-hybridized carbons (Fsp3) is 0.432. The zero-order chi connectivity index (χ0) is 37.4. The lowest BCUT2D eigenvalue weighted by Gasteiger charge is -2.34. The van der Waals surface area contributed by atoms with Crippen LogP contribution in [0.2, 0.25) is 0 Å². The van der Waals surface area contributed by atoms with E-state index in [2.05, 4.69) is 36.1 Å². The third-order valence-electron chi connectivity index (χ3n) is 9.27. The van der Waals surface area contributed by atoms with Crippen molar-refractivity contribution in [2.45, 2.75) is 76.7 Å². The van der Waals surface area contributed by atoms with Crippen LogP contribution in [0.25, 0.3) is 5.65 Å². The van der Waals surface area contributed by atoms with E-state index >= 15 is 0 Å². The lowest BCUT2D eigenvalue weighted by molar-refractivity contribution is -0.111. The van der Waals surface area contributed by atoms with E-state index < -0.39 is 34.6 Å². The van der Waals surface area contributed by atoms with Gasteiger partial charge in [0.15, 0.2) is 17.8 Å². The summed E-state index contributed by atoms with van der Waals surface area (Å²) in [6.07, 6.45) is 5.22. The number of likely N-dealkylation sites (N-methyl/N-ethyl adjacent to an activating group) is 1. The molecule has 0 saturated carbocycles. The van der Waals surface area contributed by atoms with Crippen LogP contribution < -0.4 is 20.7 Å². The fourth-order valence-electron chi connectivity index (χ4n) is 5.35. The van der Waals surface area contributed by atoms with Gasteiger partial charge in [0, 0.05) is 36.2 Å². The topological polar surface area (TPSA) is 165 Å². The monoisotopic (exact) mass is 697 g/mol. The molecule has 4 aromatic rings. The number of aromatic nitrogens is 5. The van der Waals surface area contributed by atoms with Crippen molar-refractivity contribution in [2.75, 3.05) is 33.1 Å². The van der Waals surface area contributed by atoms with Crippen LogP contribution in [-0.4, -0.2) is 81.0 Å². The van der Waals surface area contributed by atoms with Gasteiger partial charge in [-0.15, -0.1) is 10.2 Å². The van der Waals surface area contributed by atoms with Gasteiger partial charge in [0.2, 0.25) is 5.82 Å². The Kier molecular flexibility index (Phi) is 10.1. The molecule has 2 atom stereocenters. The number of anilines is 1. The minimum atomic E-state index is -1.52. The Morgan fingerprint density at radius 1 is 1.02 bits per heavy atom. The van der Waals surface area contributed by atoms with Gasteiger partial charge in [0.1, 0.15) is 28.8 Å². The van der Waals surface area contributed by atoms with Crippen molar-refractivity contribution in [1.82, 2.24) is 40.1 Å². The minimum absolute atomic E-state index is 0.0807. The molecule has 0 bridgehead atoms. The van der Waals surface area contributed by atoms with Gasteiger partial charge in [0.05, 0.1) is 11.9 Å². The number of pyridine rings is 1. The fourth-order valence-corrected chi connectivity index (χ4v) is 5.35. The first-order valence-electron chi connectivity index (χ1n) is 16.7. The van der Waals surface area contributed by atoms with Crippen LogP contribution in [0, 0.1) is 0 Å². The zero-order valence-electron chi connectivity index (χ0n) is 30.9. The molecule has 1 aromatic carbocycles. The molecule has 0 fully saturated rings. The summed E-state index contributed by atoms with van der Waals surface area (Å²) in [6, 6.07) is 11.8. The molecule has 14 heteroatoms. The summed E-state index contributed by atoms with van der Waals surface area (Å²) < 4.78 is 13.9. The molecule has 3 N–H and O–H groups in total. The van der Waals surface area contributed by atoms with Gasteiger partial charge in [-0.05, 0) is 71.6 Å². The summed E-state index contributed by atoms with van der Waals surface area (Å²) in [7, 11) is 5.48.